The normalized spacial score (nSPS) is 28.5. The Labute approximate surface area is 208 Å². The second-order valence-electron chi connectivity index (χ2n) is 10.5. The van der Waals surface area contributed by atoms with E-state index in [0.29, 0.717) is 22.4 Å². The van der Waals surface area contributed by atoms with Gasteiger partial charge in [-0.1, -0.05) is 50.3 Å². The van der Waals surface area contributed by atoms with Gasteiger partial charge in [-0.3, -0.25) is 23.9 Å². The number of rotatable bonds is 2. The molecule has 0 radical (unpaired) electrons. The Morgan fingerprint density at radius 2 is 1.81 bits per heavy atom. The number of benzene rings is 2. The highest BCUT2D eigenvalue weighted by molar-refractivity contribution is 5.98. The first kappa shape index (κ1) is 22.7. The van der Waals surface area contributed by atoms with Crippen molar-refractivity contribution in [2.75, 3.05) is 4.90 Å². The van der Waals surface area contributed by atoms with Crippen LogP contribution in [0.2, 0.25) is 0 Å². The van der Waals surface area contributed by atoms with Crippen LogP contribution in [0, 0.1) is 5.41 Å². The van der Waals surface area contributed by atoms with Gasteiger partial charge >= 0.3 is 0 Å². The van der Waals surface area contributed by atoms with Gasteiger partial charge in [0.05, 0.1) is 22.4 Å². The van der Waals surface area contributed by atoms with Crippen LogP contribution in [0.3, 0.4) is 0 Å². The first-order valence-corrected chi connectivity index (χ1v) is 12.1. The smallest absolute Gasteiger partial charge is 0.262 e. The fraction of sp³-hybridized carbons (Fsp3) is 0.357. The average molecular weight is 485 g/mol. The zero-order chi connectivity index (χ0) is 25.7. The van der Waals surface area contributed by atoms with Gasteiger partial charge in [0.2, 0.25) is 11.8 Å². The first-order valence-electron chi connectivity index (χ1n) is 12.1. The maximum atomic E-state index is 14.1. The predicted octanol–water partition coefficient (Wildman–Crippen LogP) is 3.06. The lowest BCUT2D eigenvalue weighted by Crippen LogP contribution is -2.60. The molecule has 1 aromatic heterocycles. The minimum Gasteiger partial charge on any atom is -0.389 e. The minimum atomic E-state index is -1.17. The summed E-state index contributed by atoms with van der Waals surface area (Å²) in [7, 11) is 0. The molecule has 0 aliphatic carbocycles. The van der Waals surface area contributed by atoms with Gasteiger partial charge in [0.15, 0.2) is 0 Å². The summed E-state index contributed by atoms with van der Waals surface area (Å²) in [6, 6.07) is 12.7. The van der Waals surface area contributed by atoms with Crippen LogP contribution in [0.25, 0.3) is 10.9 Å². The summed E-state index contributed by atoms with van der Waals surface area (Å²) in [5, 5.41) is 12.8. The molecule has 1 N–H and O–H groups in total. The second kappa shape index (κ2) is 7.13. The third kappa shape index (κ3) is 2.38. The predicted molar refractivity (Wildman–Crippen MR) is 135 cm³/mol. The number of hydrogen-bond acceptors (Lipinski definition) is 5. The van der Waals surface area contributed by atoms with Crippen molar-refractivity contribution in [2.45, 2.75) is 57.5 Å². The van der Waals surface area contributed by atoms with E-state index < -0.39 is 35.2 Å². The maximum Gasteiger partial charge on any atom is 0.262 e. The first-order chi connectivity index (χ1) is 17.1. The fourth-order valence-electron chi connectivity index (χ4n) is 6.88. The number of aromatic nitrogens is 2. The Bertz CT molecular complexity index is 1540. The van der Waals surface area contributed by atoms with E-state index in [9.17, 15) is 19.5 Å². The summed E-state index contributed by atoms with van der Waals surface area (Å²) < 4.78 is 1.41. The van der Waals surface area contributed by atoms with Crippen molar-refractivity contribution < 1.29 is 14.7 Å². The summed E-state index contributed by atoms with van der Waals surface area (Å²) in [5.41, 5.74) is -0.235. The highest BCUT2D eigenvalue weighted by atomic mass is 16.3. The molecule has 5 atom stereocenters. The van der Waals surface area contributed by atoms with Gasteiger partial charge in [-0.25, -0.2) is 4.98 Å². The molecule has 0 bridgehead atoms. The molecule has 2 aromatic carbocycles. The second-order valence-corrected chi connectivity index (χ2v) is 10.5. The molecule has 3 aromatic rings. The molecule has 8 nitrogen and oxygen atoms in total. The van der Waals surface area contributed by atoms with Crippen LogP contribution in [-0.4, -0.2) is 43.6 Å². The van der Waals surface area contributed by atoms with Gasteiger partial charge in [0.1, 0.15) is 24.1 Å². The number of aliphatic hydroxyl groups excluding tert-OH is 1. The topological polar surface area (TPSA) is 95.7 Å². The summed E-state index contributed by atoms with van der Waals surface area (Å²) in [6.45, 7) is 11.1. The fourth-order valence-corrected chi connectivity index (χ4v) is 6.88. The van der Waals surface area contributed by atoms with E-state index in [0.717, 1.165) is 5.56 Å². The zero-order valence-corrected chi connectivity index (χ0v) is 20.7. The largest absolute Gasteiger partial charge is 0.389 e. The quantitative estimate of drug-likeness (QED) is 0.564. The maximum absolute atomic E-state index is 14.1. The van der Waals surface area contributed by atoms with E-state index >= 15 is 0 Å². The number of para-hydroxylation sites is 2. The van der Waals surface area contributed by atoms with Crippen LogP contribution < -0.4 is 10.5 Å². The summed E-state index contributed by atoms with van der Waals surface area (Å²) in [4.78, 5) is 48.8. The number of hydrogen-bond donors (Lipinski definition) is 1. The lowest BCUT2D eigenvalue weighted by Gasteiger charge is -2.46. The van der Waals surface area contributed by atoms with Gasteiger partial charge in [-0.05, 0) is 36.1 Å². The Hall–Kier alpha value is -3.78. The van der Waals surface area contributed by atoms with Gasteiger partial charge in [-0.2, -0.15) is 0 Å². The van der Waals surface area contributed by atoms with E-state index in [2.05, 4.69) is 6.58 Å². The van der Waals surface area contributed by atoms with Gasteiger partial charge < -0.3 is 10.0 Å². The number of fused-ring (bicyclic) bond motifs is 8. The molecule has 184 valence electrons. The van der Waals surface area contributed by atoms with Crippen molar-refractivity contribution in [1.82, 2.24) is 14.5 Å². The molecule has 3 aliphatic rings. The summed E-state index contributed by atoms with van der Waals surface area (Å²) in [5.74, 6) is -0.249. The van der Waals surface area contributed by atoms with Crippen molar-refractivity contribution in [1.29, 1.82) is 0 Å². The van der Waals surface area contributed by atoms with E-state index in [1.165, 1.54) is 11.5 Å². The van der Waals surface area contributed by atoms with Crippen molar-refractivity contribution >= 4 is 28.4 Å². The van der Waals surface area contributed by atoms with E-state index in [-0.39, 0.29) is 17.4 Å². The van der Waals surface area contributed by atoms with Crippen molar-refractivity contribution in [3.63, 3.8) is 0 Å². The summed E-state index contributed by atoms with van der Waals surface area (Å²) >= 11 is 0. The highest BCUT2D eigenvalue weighted by Gasteiger charge is 2.74. The third-order valence-electron chi connectivity index (χ3n) is 8.60. The molecule has 4 heterocycles. The van der Waals surface area contributed by atoms with Crippen LogP contribution in [0.1, 0.15) is 51.2 Å². The Morgan fingerprint density at radius 1 is 1.14 bits per heavy atom. The zero-order valence-electron chi connectivity index (χ0n) is 20.7. The number of nitrogens with zero attached hydrogens (tertiary/aromatic N) is 4. The van der Waals surface area contributed by atoms with Crippen molar-refractivity contribution in [3.05, 3.63) is 82.9 Å². The minimum absolute atomic E-state index is 0.239. The number of amides is 2. The Morgan fingerprint density at radius 3 is 2.50 bits per heavy atom. The van der Waals surface area contributed by atoms with E-state index in [1.54, 1.807) is 47.1 Å². The number of carbonyl (C=O) groups excluding carboxylic acids is 2. The SMILES string of the molecule is C=CC(C)(C)[C@]12c3ccccc3N(C(C)=O)[C@H]1N1C(=O)[C@@H](C)n3c(nc4ccccc4c3=O)[C@@H]1[C@@H]2O. The molecule has 1 saturated heterocycles. The lowest BCUT2D eigenvalue weighted by atomic mass is 9.58. The number of carbonyl (C=O) groups is 2. The molecule has 0 saturated carbocycles. The van der Waals surface area contributed by atoms with E-state index in [4.69, 9.17) is 4.98 Å². The highest BCUT2D eigenvalue weighted by Crippen LogP contribution is 2.65. The van der Waals surface area contributed by atoms with Crippen LogP contribution in [0.4, 0.5) is 5.69 Å². The van der Waals surface area contributed by atoms with Gasteiger partial charge in [-0.15, -0.1) is 6.58 Å². The molecule has 36 heavy (non-hydrogen) atoms. The summed E-state index contributed by atoms with van der Waals surface area (Å²) in [6.07, 6.45) is -0.207. The van der Waals surface area contributed by atoms with Crippen LogP contribution in [0.15, 0.2) is 66.0 Å². The van der Waals surface area contributed by atoms with E-state index in [1.807, 2.05) is 38.1 Å². The van der Waals surface area contributed by atoms with Gasteiger partial charge in [0, 0.05) is 12.6 Å². The molecule has 3 aliphatic heterocycles. The van der Waals surface area contributed by atoms with Crippen molar-refractivity contribution in [3.8, 4) is 0 Å². The van der Waals surface area contributed by atoms with Crippen LogP contribution in [-0.2, 0) is 15.0 Å². The number of anilines is 1. The number of allylic oxidation sites excluding steroid dienone is 1. The molecule has 6 rings (SSSR count). The van der Waals surface area contributed by atoms with Crippen LogP contribution >= 0.6 is 0 Å². The van der Waals surface area contributed by atoms with Crippen molar-refractivity contribution in [2.24, 2.45) is 5.41 Å². The Kier molecular flexibility index (Phi) is 4.49. The van der Waals surface area contributed by atoms with Gasteiger partial charge in [0.25, 0.3) is 5.56 Å². The third-order valence-corrected chi connectivity index (χ3v) is 8.60. The molecule has 1 fully saturated rings. The average Bonchev–Trinajstić information content (AvgIpc) is 3.32. The molecule has 8 heteroatoms. The number of aliphatic hydroxyl groups is 1. The molecule has 0 spiro atoms. The molecule has 0 unspecified atom stereocenters. The molecular formula is C28H28N4O4. The molecule has 2 amide bonds. The van der Waals surface area contributed by atoms with Crippen LogP contribution in [0.5, 0.6) is 0 Å². The monoisotopic (exact) mass is 484 g/mol. The molecular weight excluding hydrogens is 456 g/mol. The lowest BCUT2D eigenvalue weighted by molar-refractivity contribution is -0.142. The Balaban J connectivity index is 1.73. The standard InChI is InChI=1S/C28H28N4O4/c1-6-27(4,5)28-18-12-8-10-14-20(18)31(16(3)33)26(28)32-21(22(28)34)23-29-19-13-9-7-11-17(19)25(36)30(23)15(2)24(32)35/h6-15,21-22,26,34H,1H2,2-5H3/t15-,21+,22+,26+,28+/m1/s1.